The van der Waals surface area contributed by atoms with Crippen LogP contribution in [0.4, 0.5) is 0 Å². The third-order valence-corrected chi connectivity index (χ3v) is 5.41. The fourth-order valence-electron chi connectivity index (χ4n) is 1.05. The first-order chi connectivity index (χ1) is 7.81. The zero-order valence-corrected chi connectivity index (χ0v) is 14.0. The maximum atomic E-state index is 6.05. The van der Waals surface area contributed by atoms with Crippen LogP contribution in [0, 0.1) is 0 Å². The lowest BCUT2D eigenvalue weighted by Gasteiger charge is -2.32. The average molecular weight is 260 g/mol. The Balaban J connectivity index is 0. The fraction of sp³-hybridized carbons (Fsp3) is 0.857. The van der Waals surface area contributed by atoms with E-state index in [0.29, 0.717) is 12.2 Å². The predicted octanol–water partition coefficient (Wildman–Crippen LogP) is 4.44. The van der Waals surface area contributed by atoms with Crippen LogP contribution in [-0.2, 0) is 8.85 Å². The Labute approximate surface area is 110 Å². The number of rotatable bonds is 6. The van der Waals surface area contributed by atoms with Gasteiger partial charge in [0.05, 0.1) is 0 Å². The van der Waals surface area contributed by atoms with Crippen molar-refractivity contribution in [2.75, 3.05) is 0 Å². The van der Waals surface area contributed by atoms with Gasteiger partial charge in [-0.15, -0.1) is 13.2 Å². The molecular formula is C14H32O2Si. The van der Waals surface area contributed by atoms with E-state index in [1.54, 1.807) is 0 Å². The van der Waals surface area contributed by atoms with Gasteiger partial charge in [-0.05, 0) is 26.7 Å². The smallest absolute Gasteiger partial charge is 0.327 e. The molecule has 2 unspecified atom stereocenters. The first kappa shape index (κ1) is 19.2. The molecule has 0 spiro atoms. The molecule has 0 N–H and O–H groups in total. The van der Waals surface area contributed by atoms with E-state index in [9.17, 15) is 0 Å². The van der Waals surface area contributed by atoms with Gasteiger partial charge in [-0.25, -0.2) is 0 Å². The Hall–Kier alpha value is -0.123. The third-order valence-electron chi connectivity index (χ3n) is 2.57. The lowest BCUT2D eigenvalue weighted by atomic mass is 10.3. The van der Waals surface area contributed by atoms with Gasteiger partial charge in [0.2, 0.25) is 0 Å². The lowest BCUT2D eigenvalue weighted by molar-refractivity contribution is 0.0972. The summed E-state index contributed by atoms with van der Waals surface area (Å²) in [7, 11) is -1.57. The molecule has 0 amide bonds. The van der Waals surface area contributed by atoms with Crippen LogP contribution >= 0.6 is 0 Å². The molecule has 0 aromatic rings. The van der Waals surface area contributed by atoms with Crippen LogP contribution in [0.15, 0.2) is 13.2 Å². The summed E-state index contributed by atoms with van der Waals surface area (Å²) in [6, 6.07) is 0. The van der Waals surface area contributed by atoms with Crippen molar-refractivity contribution in [3.63, 3.8) is 0 Å². The summed E-state index contributed by atoms with van der Waals surface area (Å²) in [5, 5.41) is 0.173. The van der Waals surface area contributed by atoms with Gasteiger partial charge in [0.1, 0.15) is 0 Å². The molecular weight excluding hydrogens is 228 g/mol. The molecule has 0 aromatic heterocycles. The molecule has 0 saturated heterocycles. The Kier molecular flexibility index (Phi) is 11.2. The largest absolute Gasteiger partial charge is 0.393 e. The molecule has 0 saturated carbocycles. The van der Waals surface area contributed by atoms with Gasteiger partial charge >= 0.3 is 9.28 Å². The van der Waals surface area contributed by atoms with Gasteiger partial charge in [-0.1, -0.05) is 34.6 Å². The molecule has 3 heteroatoms. The summed E-state index contributed by atoms with van der Waals surface area (Å²) in [5.74, 6) is 0. The first-order valence-corrected chi connectivity index (χ1v) is 8.14. The van der Waals surface area contributed by atoms with Crippen molar-refractivity contribution >= 4 is 9.28 Å². The standard InChI is InChI=1S/C12H28O2Si.C2H4/c1-8-10(3)13-15(12(5,6)7)14-11(4)9-2;1-2/h10-11,15H,8-9H2,1-7H3;1-2H2. The quantitative estimate of drug-likeness (QED) is 0.519. The van der Waals surface area contributed by atoms with Gasteiger partial charge in [0.15, 0.2) is 0 Å². The molecule has 0 bridgehead atoms. The molecule has 0 rings (SSSR count). The minimum Gasteiger partial charge on any atom is -0.393 e. The van der Waals surface area contributed by atoms with E-state index in [1.807, 2.05) is 0 Å². The highest BCUT2D eigenvalue weighted by Crippen LogP contribution is 2.30. The molecule has 104 valence electrons. The number of hydrogen-bond donors (Lipinski definition) is 0. The zero-order valence-electron chi connectivity index (χ0n) is 12.9. The predicted molar refractivity (Wildman–Crippen MR) is 79.8 cm³/mol. The second-order valence-corrected chi connectivity index (χ2v) is 8.35. The van der Waals surface area contributed by atoms with Crippen LogP contribution in [0.2, 0.25) is 5.04 Å². The van der Waals surface area contributed by atoms with Crippen LogP contribution in [0.1, 0.15) is 61.3 Å². The van der Waals surface area contributed by atoms with Gasteiger partial charge in [-0.3, -0.25) is 0 Å². The average Bonchev–Trinajstić information content (AvgIpc) is 2.29. The van der Waals surface area contributed by atoms with Crippen molar-refractivity contribution in [3.8, 4) is 0 Å². The van der Waals surface area contributed by atoms with Crippen LogP contribution in [0.5, 0.6) is 0 Å². The number of hydrogen-bond acceptors (Lipinski definition) is 2. The highest BCUT2D eigenvalue weighted by molar-refractivity contribution is 6.48. The van der Waals surface area contributed by atoms with Crippen LogP contribution in [-0.4, -0.2) is 21.5 Å². The van der Waals surface area contributed by atoms with E-state index in [0.717, 1.165) is 12.8 Å². The molecule has 0 aliphatic heterocycles. The monoisotopic (exact) mass is 260 g/mol. The lowest BCUT2D eigenvalue weighted by Crippen LogP contribution is -2.38. The molecule has 0 heterocycles. The Morgan fingerprint density at radius 2 is 1.24 bits per heavy atom. The molecule has 0 fully saturated rings. The molecule has 0 aliphatic rings. The molecule has 0 radical (unpaired) electrons. The molecule has 0 aliphatic carbocycles. The highest BCUT2D eigenvalue weighted by atomic mass is 28.3. The van der Waals surface area contributed by atoms with Crippen LogP contribution in [0.3, 0.4) is 0 Å². The maximum absolute atomic E-state index is 6.05. The first-order valence-electron chi connectivity index (χ1n) is 6.62. The Morgan fingerprint density at radius 1 is 0.941 bits per heavy atom. The molecule has 17 heavy (non-hydrogen) atoms. The van der Waals surface area contributed by atoms with Crippen LogP contribution in [0.25, 0.3) is 0 Å². The normalized spacial score (nSPS) is 16.6. The summed E-state index contributed by atoms with van der Waals surface area (Å²) < 4.78 is 12.1. The van der Waals surface area contributed by atoms with Crippen LogP contribution < -0.4 is 0 Å². The molecule has 2 nitrogen and oxygen atoms in total. The van der Waals surface area contributed by atoms with Gasteiger partial charge in [-0.2, -0.15) is 0 Å². The SMILES string of the molecule is C=C.CCC(C)O[SiH](OC(C)CC)C(C)(C)C. The summed E-state index contributed by atoms with van der Waals surface area (Å²) in [4.78, 5) is 0. The van der Waals surface area contributed by atoms with Crippen molar-refractivity contribution in [2.24, 2.45) is 0 Å². The maximum Gasteiger partial charge on any atom is 0.327 e. The van der Waals surface area contributed by atoms with Crippen molar-refractivity contribution in [2.45, 2.75) is 78.6 Å². The minimum atomic E-state index is -1.57. The van der Waals surface area contributed by atoms with Gasteiger partial charge in [0, 0.05) is 17.2 Å². The Morgan fingerprint density at radius 3 is 1.41 bits per heavy atom. The van der Waals surface area contributed by atoms with E-state index >= 15 is 0 Å². The molecule has 0 aromatic carbocycles. The Bertz CT molecular complexity index is 166. The summed E-state index contributed by atoms with van der Waals surface area (Å²) in [6.45, 7) is 21.2. The van der Waals surface area contributed by atoms with E-state index in [2.05, 4.69) is 61.6 Å². The highest BCUT2D eigenvalue weighted by Gasteiger charge is 2.32. The summed E-state index contributed by atoms with van der Waals surface area (Å²) >= 11 is 0. The minimum absolute atomic E-state index is 0.173. The molecule has 2 atom stereocenters. The van der Waals surface area contributed by atoms with E-state index < -0.39 is 9.28 Å². The van der Waals surface area contributed by atoms with E-state index in [-0.39, 0.29) is 5.04 Å². The second kappa shape index (κ2) is 9.86. The van der Waals surface area contributed by atoms with Gasteiger partial charge in [0.25, 0.3) is 0 Å². The zero-order chi connectivity index (χ0) is 14.1. The van der Waals surface area contributed by atoms with E-state index in [4.69, 9.17) is 8.85 Å². The summed E-state index contributed by atoms with van der Waals surface area (Å²) in [6.07, 6.45) is 2.77. The van der Waals surface area contributed by atoms with Crippen molar-refractivity contribution in [3.05, 3.63) is 13.2 Å². The van der Waals surface area contributed by atoms with Gasteiger partial charge < -0.3 is 8.85 Å². The van der Waals surface area contributed by atoms with Crippen molar-refractivity contribution in [1.82, 2.24) is 0 Å². The second-order valence-electron chi connectivity index (χ2n) is 5.41. The van der Waals surface area contributed by atoms with Crippen molar-refractivity contribution in [1.29, 1.82) is 0 Å². The third kappa shape index (κ3) is 9.57. The topological polar surface area (TPSA) is 18.5 Å². The van der Waals surface area contributed by atoms with Crippen molar-refractivity contribution < 1.29 is 8.85 Å². The summed E-state index contributed by atoms with van der Waals surface area (Å²) in [5.41, 5.74) is 0. The fourth-order valence-corrected chi connectivity index (χ4v) is 3.16. The van der Waals surface area contributed by atoms with E-state index in [1.165, 1.54) is 0 Å².